The Morgan fingerprint density at radius 1 is 1.42 bits per heavy atom. The van der Waals surface area contributed by atoms with Crippen LogP contribution < -0.4 is 5.32 Å². The summed E-state index contributed by atoms with van der Waals surface area (Å²) in [6.45, 7) is -0.986. The molecule has 0 fully saturated rings. The Kier molecular flexibility index (Phi) is 3.00. The lowest BCUT2D eigenvalue weighted by Crippen LogP contribution is -2.20. The molecule has 0 spiro atoms. The highest BCUT2D eigenvalue weighted by atomic mass is 79.9. The Bertz CT molecular complexity index is 258. The van der Waals surface area contributed by atoms with Gasteiger partial charge in [0.15, 0.2) is 0 Å². The topological polar surface area (TPSA) is 12.0 Å². The van der Waals surface area contributed by atoms with E-state index in [1.54, 1.807) is 12.1 Å². The maximum absolute atomic E-state index is 11.7. The molecular formula is C6H5BrF3NS. The molecule has 0 amide bonds. The van der Waals surface area contributed by atoms with Crippen LogP contribution in [-0.4, -0.2) is 12.7 Å². The molecule has 12 heavy (non-hydrogen) atoms. The maximum atomic E-state index is 11.7. The molecule has 0 bridgehead atoms. The number of hydrogen-bond donors (Lipinski definition) is 1. The second kappa shape index (κ2) is 3.66. The van der Waals surface area contributed by atoms with Crippen LogP contribution in [-0.2, 0) is 0 Å². The van der Waals surface area contributed by atoms with E-state index in [-0.39, 0.29) is 0 Å². The van der Waals surface area contributed by atoms with Gasteiger partial charge in [0.2, 0.25) is 0 Å². The van der Waals surface area contributed by atoms with Gasteiger partial charge in [-0.05, 0) is 28.1 Å². The number of halogens is 4. The van der Waals surface area contributed by atoms with E-state index in [0.717, 1.165) is 3.79 Å². The number of anilines is 1. The first-order valence-electron chi connectivity index (χ1n) is 3.03. The van der Waals surface area contributed by atoms with Gasteiger partial charge in [-0.3, -0.25) is 0 Å². The molecule has 0 aliphatic rings. The molecular weight excluding hydrogens is 255 g/mol. The molecule has 0 atom stereocenters. The zero-order valence-electron chi connectivity index (χ0n) is 5.78. The van der Waals surface area contributed by atoms with E-state index in [2.05, 4.69) is 21.2 Å². The summed E-state index contributed by atoms with van der Waals surface area (Å²) in [5.74, 6) is 0. The summed E-state index contributed by atoms with van der Waals surface area (Å²) >= 11 is 4.38. The molecule has 1 aromatic rings. The van der Waals surface area contributed by atoms with Crippen molar-refractivity contribution < 1.29 is 13.2 Å². The zero-order chi connectivity index (χ0) is 9.19. The summed E-state index contributed by atoms with van der Waals surface area (Å²) in [7, 11) is 0. The van der Waals surface area contributed by atoms with E-state index < -0.39 is 12.7 Å². The zero-order valence-corrected chi connectivity index (χ0v) is 8.18. The first kappa shape index (κ1) is 9.85. The third-order valence-corrected chi connectivity index (χ3v) is 2.62. The molecule has 6 heteroatoms. The Labute approximate surface area is 79.7 Å². The Morgan fingerprint density at radius 2 is 2.08 bits per heavy atom. The minimum atomic E-state index is -4.16. The van der Waals surface area contributed by atoms with Crippen LogP contribution >= 0.6 is 27.3 Å². The van der Waals surface area contributed by atoms with Crippen molar-refractivity contribution in [3.8, 4) is 0 Å². The Balaban J connectivity index is 2.44. The van der Waals surface area contributed by atoms with Gasteiger partial charge in [-0.15, -0.1) is 11.3 Å². The summed E-state index contributed by atoms with van der Waals surface area (Å²) in [5, 5.41) is 2.78. The van der Waals surface area contributed by atoms with Gasteiger partial charge in [0.05, 0.1) is 8.79 Å². The van der Waals surface area contributed by atoms with E-state index in [4.69, 9.17) is 0 Å². The summed E-state index contributed by atoms with van der Waals surface area (Å²) in [6, 6.07) is 3.30. The van der Waals surface area contributed by atoms with E-state index >= 15 is 0 Å². The van der Waals surface area contributed by atoms with Crippen molar-refractivity contribution >= 4 is 32.3 Å². The minimum Gasteiger partial charge on any atom is -0.368 e. The molecule has 68 valence electrons. The SMILES string of the molecule is FC(F)(F)CNc1ccc(Br)s1. The Morgan fingerprint density at radius 3 is 2.50 bits per heavy atom. The lowest BCUT2D eigenvalue weighted by Gasteiger charge is -2.06. The molecule has 0 unspecified atom stereocenters. The first-order valence-corrected chi connectivity index (χ1v) is 4.64. The molecule has 1 N–H and O–H groups in total. The van der Waals surface area contributed by atoms with Crippen LogP contribution in [0.2, 0.25) is 0 Å². The standard InChI is InChI=1S/C6H5BrF3NS/c7-4-1-2-5(12-4)11-3-6(8,9)10/h1-2,11H,3H2. The molecule has 0 aliphatic heterocycles. The second-order valence-corrected chi connectivity index (χ2v) is 4.54. The predicted molar refractivity (Wildman–Crippen MR) is 46.6 cm³/mol. The summed E-state index contributed by atoms with van der Waals surface area (Å²) in [4.78, 5) is 0. The van der Waals surface area contributed by atoms with Crippen LogP contribution in [0, 0.1) is 0 Å². The fourth-order valence-electron chi connectivity index (χ4n) is 0.597. The van der Waals surface area contributed by atoms with Crippen molar-refractivity contribution in [1.82, 2.24) is 0 Å². The molecule has 0 radical (unpaired) electrons. The average Bonchev–Trinajstić information content (AvgIpc) is 2.30. The van der Waals surface area contributed by atoms with Crippen molar-refractivity contribution in [3.63, 3.8) is 0 Å². The van der Waals surface area contributed by atoms with Gasteiger partial charge in [-0.2, -0.15) is 13.2 Å². The smallest absolute Gasteiger partial charge is 0.368 e. The van der Waals surface area contributed by atoms with Crippen LogP contribution in [0.4, 0.5) is 18.2 Å². The third kappa shape index (κ3) is 3.44. The molecule has 1 rings (SSSR count). The van der Waals surface area contributed by atoms with E-state index in [0.29, 0.717) is 5.00 Å². The highest BCUT2D eigenvalue weighted by Gasteiger charge is 2.26. The molecule has 0 aromatic carbocycles. The first-order chi connectivity index (χ1) is 5.47. The lowest BCUT2D eigenvalue weighted by atomic mass is 10.6. The normalized spacial score (nSPS) is 11.7. The van der Waals surface area contributed by atoms with Crippen molar-refractivity contribution in [3.05, 3.63) is 15.9 Å². The fourth-order valence-corrected chi connectivity index (χ4v) is 1.88. The van der Waals surface area contributed by atoms with Gasteiger partial charge < -0.3 is 5.32 Å². The molecule has 0 aliphatic carbocycles. The fraction of sp³-hybridized carbons (Fsp3) is 0.333. The molecule has 1 nitrogen and oxygen atoms in total. The molecule has 0 saturated carbocycles. The van der Waals surface area contributed by atoms with Crippen LogP contribution in [0.25, 0.3) is 0 Å². The largest absolute Gasteiger partial charge is 0.405 e. The van der Waals surface area contributed by atoms with Crippen LogP contribution in [0.3, 0.4) is 0 Å². The maximum Gasteiger partial charge on any atom is 0.405 e. The molecule has 1 aromatic heterocycles. The van der Waals surface area contributed by atoms with Gasteiger partial charge in [-0.1, -0.05) is 0 Å². The van der Waals surface area contributed by atoms with Crippen LogP contribution in [0.15, 0.2) is 15.9 Å². The van der Waals surface area contributed by atoms with Crippen molar-refractivity contribution in [2.24, 2.45) is 0 Å². The van der Waals surface area contributed by atoms with Crippen LogP contribution in [0.1, 0.15) is 0 Å². The number of thiophene rings is 1. The van der Waals surface area contributed by atoms with E-state index in [9.17, 15) is 13.2 Å². The van der Waals surface area contributed by atoms with Gasteiger partial charge >= 0.3 is 6.18 Å². The molecule has 1 heterocycles. The van der Waals surface area contributed by atoms with Crippen molar-refractivity contribution in [2.75, 3.05) is 11.9 Å². The van der Waals surface area contributed by atoms with Crippen molar-refractivity contribution in [1.29, 1.82) is 0 Å². The number of alkyl halides is 3. The monoisotopic (exact) mass is 259 g/mol. The summed E-state index contributed by atoms with van der Waals surface area (Å²) < 4.78 is 35.8. The van der Waals surface area contributed by atoms with E-state index in [1.807, 2.05) is 0 Å². The van der Waals surface area contributed by atoms with Gasteiger partial charge in [0.25, 0.3) is 0 Å². The Hall–Kier alpha value is -0.230. The number of nitrogens with one attached hydrogen (secondary N) is 1. The molecule has 0 saturated heterocycles. The lowest BCUT2D eigenvalue weighted by molar-refractivity contribution is -0.115. The van der Waals surface area contributed by atoms with Gasteiger partial charge in [0.1, 0.15) is 6.54 Å². The summed E-state index contributed by atoms with van der Waals surface area (Å²) in [5.41, 5.74) is 0. The highest BCUT2D eigenvalue weighted by molar-refractivity contribution is 9.11. The van der Waals surface area contributed by atoms with Gasteiger partial charge in [-0.25, -0.2) is 0 Å². The number of rotatable bonds is 2. The predicted octanol–water partition coefficient (Wildman–Crippen LogP) is 3.48. The van der Waals surface area contributed by atoms with E-state index in [1.165, 1.54) is 11.3 Å². The average molecular weight is 260 g/mol. The van der Waals surface area contributed by atoms with Gasteiger partial charge in [0, 0.05) is 0 Å². The number of hydrogen-bond acceptors (Lipinski definition) is 2. The summed E-state index contributed by atoms with van der Waals surface area (Å²) in [6.07, 6.45) is -4.16. The second-order valence-electron chi connectivity index (χ2n) is 2.07. The van der Waals surface area contributed by atoms with Crippen molar-refractivity contribution in [2.45, 2.75) is 6.18 Å². The highest BCUT2D eigenvalue weighted by Crippen LogP contribution is 2.27. The minimum absolute atomic E-state index is 0.513. The quantitative estimate of drug-likeness (QED) is 0.858. The third-order valence-electron chi connectivity index (χ3n) is 1.04. The van der Waals surface area contributed by atoms with Crippen LogP contribution in [0.5, 0.6) is 0 Å².